The molecule has 0 N–H and O–H groups in total. The van der Waals surface area contributed by atoms with E-state index in [0.717, 1.165) is 16.5 Å². The van der Waals surface area contributed by atoms with Gasteiger partial charge < -0.3 is 0 Å². The number of halogens is 2. The van der Waals surface area contributed by atoms with E-state index in [1.807, 2.05) is 0 Å². The fraction of sp³-hybridized carbons (Fsp3) is 0.211. The number of hydrogen-bond acceptors (Lipinski definition) is 3. The highest BCUT2D eigenvalue weighted by Gasteiger charge is 2.38. The second-order valence-corrected chi connectivity index (χ2v) is 5.98. The minimum Gasteiger partial charge on any atom is -0.278 e. The Hall–Kier alpha value is -3.07. The lowest BCUT2D eigenvalue weighted by Crippen LogP contribution is -2.30. The molecule has 4 nitrogen and oxygen atoms in total. The topological polar surface area (TPSA) is 61.2 Å². The fourth-order valence-corrected chi connectivity index (χ4v) is 2.91. The molecule has 25 heavy (non-hydrogen) atoms. The molecular formula is C19H14F2N2O2. The third kappa shape index (κ3) is 3.56. The highest BCUT2D eigenvalue weighted by molar-refractivity contribution is 6.03. The van der Waals surface area contributed by atoms with Crippen molar-refractivity contribution in [2.45, 2.75) is 19.4 Å². The van der Waals surface area contributed by atoms with Crippen LogP contribution in [0.2, 0.25) is 0 Å². The molecule has 2 amide bonds. The van der Waals surface area contributed by atoms with Crippen molar-refractivity contribution < 1.29 is 18.4 Å². The molecule has 3 rings (SSSR count). The van der Waals surface area contributed by atoms with Crippen molar-refractivity contribution >= 4 is 11.8 Å². The van der Waals surface area contributed by atoms with Gasteiger partial charge in [-0.25, -0.2) is 8.78 Å². The molecular weight excluding hydrogens is 326 g/mol. The number of benzene rings is 2. The number of carbonyl (C=O) groups is 2. The average Bonchev–Trinajstić information content (AvgIpc) is 2.85. The molecule has 6 heteroatoms. The maximum Gasteiger partial charge on any atom is 0.233 e. The Bertz CT molecular complexity index is 872. The smallest absolute Gasteiger partial charge is 0.233 e. The Balaban J connectivity index is 1.72. The van der Waals surface area contributed by atoms with E-state index in [4.69, 9.17) is 5.26 Å². The summed E-state index contributed by atoms with van der Waals surface area (Å²) in [6.07, 6.45) is 0.429. The Morgan fingerprint density at radius 2 is 1.76 bits per heavy atom. The molecule has 2 aromatic carbocycles. The summed E-state index contributed by atoms with van der Waals surface area (Å²) < 4.78 is 26.6. The van der Waals surface area contributed by atoms with Crippen LogP contribution < -0.4 is 0 Å². The largest absolute Gasteiger partial charge is 0.278 e. The first-order valence-corrected chi connectivity index (χ1v) is 7.75. The van der Waals surface area contributed by atoms with E-state index in [9.17, 15) is 18.4 Å². The van der Waals surface area contributed by atoms with Crippen LogP contribution in [-0.4, -0.2) is 16.7 Å². The second-order valence-electron chi connectivity index (χ2n) is 5.98. The third-order valence-corrected chi connectivity index (χ3v) is 4.23. The van der Waals surface area contributed by atoms with Crippen LogP contribution in [0, 0.1) is 28.9 Å². The molecule has 1 aliphatic heterocycles. The van der Waals surface area contributed by atoms with Crippen molar-refractivity contribution in [1.29, 1.82) is 5.26 Å². The maximum atomic E-state index is 13.7. The number of likely N-dealkylation sites (tertiary alicyclic amines) is 1. The molecule has 1 aliphatic rings. The average molecular weight is 340 g/mol. The van der Waals surface area contributed by atoms with Crippen LogP contribution in [-0.2, 0) is 22.6 Å². The van der Waals surface area contributed by atoms with Gasteiger partial charge in [0.1, 0.15) is 17.7 Å². The Morgan fingerprint density at radius 1 is 1.08 bits per heavy atom. The minimum absolute atomic E-state index is 0.0276. The molecule has 1 atom stereocenters. The molecule has 2 aromatic rings. The van der Waals surface area contributed by atoms with Gasteiger partial charge in [-0.15, -0.1) is 0 Å². The first-order valence-electron chi connectivity index (χ1n) is 7.75. The Morgan fingerprint density at radius 3 is 2.40 bits per heavy atom. The summed E-state index contributed by atoms with van der Waals surface area (Å²) in [6, 6.07) is 11.5. The fourth-order valence-electron chi connectivity index (χ4n) is 2.91. The molecule has 1 heterocycles. The molecule has 0 bridgehead atoms. The highest BCUT2D eigenvalue weighted by Crippen LogP contribution is 2.25. The number of hydrogen-bond donors (Lipinski definition) is 0. The molecule has 1 saturated heterocycles. The van der Waals surface area contributed by atoms with Gasteiger partial charge in [0.25, 0.3) is 0 Å². The van der Waals surface area contributed by atoms with E-state index < -0.39 is 11.7 Å². The lowest BCUT2D eigenvalue weighted by Gasteiger charge is -2.15. The van der Waals surface area contributed by atoms with Crippen LogP contribution in [0.1, 0.15) is 23.1 Å². The van der Waals surface area contributed by atoms with Gasteiger partial charge in [-0.2, -0.15) is 5.26 Å². The molecule has 0 saturated carbocycles. The SMILES string of the molecule is N#Cc1ccc(CN2C(=O)C[C@H](Cc3ccc(F)cc3)C2=O)cc1F. The molecule has 0 unspecified atom stereocenters. The van der Waals surface area contributed by atoms with Crippen molar-refractivity contribution in [2.24, 2.45) is 5.92 Å². The number of rotatable bonds is 4. The van der Waals surface area contributed by atoms with Gasteiger partial charge >= 0.3 is 0 Å². The zero-order valence-corrected chi connectivity index (χ0v) is 13.2. The van der Waals surface area contributed by atoms with Crippen LogP contribution in [0.25, 0.3) is 0 Å². The second kappa shape index (κ2) is 6.81. The number of nitriles is 1. The lowest BCUT2D eigenvalue weighted by molar-refractivity contribution is -0.140. The quantitative estimate of drug-likeness (QED) is 0.804. The zero-order valence-electron chi connectivity index (χ0n) is 13.2. The van der Waals surface area contributed by atoms with Crippen molar-refractivity contribution in [3.63, 3.8) is 0 Å². The summed E-state index contributed by atoms with van der Waals surface area (Å²) in [7, 11) is 0. The molecule has 0 aliphatic carbocycles. The van der Waals surface area contributed by atoms with Crippen LogP contribution >= 0.6 is 0 Å². The van der Waals surface area contributed by atoms with E-state index >= 15 is 0 Å². The number of nitrogens with zero attached hydrogens (tertiary/aromatic N) is 2. The number of amides is 2. The predicted octanol–water partition coefficient (Wildman–Crippen LogP) is 2.95. The molecule has 0 aromatic heterocycles. The van der Waals surface area contributed by atoms with Crippen molar-refractivity contribution in [2.75, 3.05) is 0 Å². The van der Waals surface area contributed by atoms with Gasteiger partial charge in [-0.3, -0.25) is 14.5 Å². The first kappa shape index (κ1) is 16.8. The van der Waals surface area contributed by atoms with E-state index in [2.05, 4.69) is 0 Å². The highest BCUT2D eigenvalue weighted by atomic mass is 19.1. The van der Waals surface area contributed by atoms with Crippen molar-refractivity contribution in [3.05, 3.63) is 70.8 Å². The van der Waals surface area contributed by atoms with Gasteiger partial charge in [0.15, 0.2) is 0 Å². The van der Waals surface area contributed by atoms with Gasteiger partial charge in [0, 0.05) is 6.42 Å². The molecule has 126 valence electrons. The zero-order chi connectivity index (χ0) is 18.0. The van der Waals surface area contributed by atoms with Crippen molar-refractivity contribution in [3.8, 4) is 6.07 Å². The lowest BCUT2D eigenvalue weighted by atomic mass is 9.98. The standard InChI is InChI=1S/C19H14F2N2O2/c20-16-5-2-12(3-6-16)7-15-9-18(24)23(19(15)25)11-13-1-4-14(10-22)17(21)8-13/h1-6,8,15H,7,9,11H2/t15-/m0/s1. The van der Waals surface area contributed by atoms with Gasteiger partial charge in [0.05, 0.1) is 18.0 Å². The van der Waals surface area contributed by atoms with E-state index in [-0.39, 0.29) is 36.2 Å². The molecule has 0 spiro atoms. The van der Waals surface area contributed by atoms with E-state index in [0.29, 0.717) is 12.0 Å². The summed E-state index contributed by atoms with van der Waals surface area (Å²) >= 11 is 0. The first-order chi connectivity index (χ1) is 12.0. The summed E-state index contributed by atoms with van der Waals surface area (Å²) in [5.74, 6) is -2.17. The Labute approximate surface area is 143 Å². The Kier molecular flexibility index (Phi) is 4.57. The number of carbonyl (C=O) groups excluding carboxylic acids is 2. The summed E-state index contributed by atoms with van der Waals surface area (Å²) in [5.41, 5.74) is 1.14. The minimum atomic E-state index is -0.679. The molecule has 0 radical (unpaired) electrons. The van der Waals surface area contributed by atoms with Crippen LogP contribution in [0.4, 0.5) is 8.78 Å². The summed E-state index contributed by atoms with van der Waals surface area (Å²) in [4.78, 5) is 25.7. The van der Waals surface area contributed by atoms with Crippen LogP contribution in [0.15, 0.2) is 42.5 Å². The van der Waals surface area contributed by atoms with Crippen LogP contribution in [0.3, 0.4) is 0 Å². The van der Waals surface area contributed by atoms with E-state index in [1.165, 1.54) is 24.3 Å². The summed E-state index contributed by atoms with van der Waals surface area (Å²) in [6.45, 7) is -0.0276. The maximum absolute atomic E-state index is 13.7. The van der Waals surface area contributed by atoms with Crippen LogP contribution in [0.5, 0.6) is 0 Å². The van der Waals surface area contributed by atoms with Gasteiger partial charge in [0.2, 0.25) is 11.8 Å². The predicted molar refractivity (Wildman–Crippen MR) is 84.9 cm³/mol. The van der Waals surface area contributed by atoms with Gasteiger partial charge in [-0.1, -0.05) is 18.2 Å². The monoisotopic (exact) mass is 340 g/mol. The number of imide groups is 1. The third-order valence-electron chi connectivity index (χ3n) is 4.23. The van der Waals surface area contributed by atoms with E-state index in [1.54, 1.807) is 18.2 Å². The van der Waals surface area contributed by atoms with Gasteiger partial charge in [-0.05, 0) is 41.8 Å². The normalized spacial score (nSPS) is 17.0. The van der Waals surface area contributed by atoms with Crippen molar-refractivity contribution in [1.82, 2.24) is 4.90 Å². The molecule has 1 fully saturated rings. The summed E-state index contributed by atoms with van der Waals surface area (Å²) in [5, 5.41) is 8.74.